The smallest absolute Gasteiger partial charge is 0.361 e. The predicted molar refractivity (Wildman–Crippen MR) is 88.9 cm³/mol. The number of β-amino-alcohol motifs (C(OH)–C–C–N with tert-alkyl or cyclic N) is 1. The zero-order chi connectivity index (χ0) is 17.3. The van der Waals surface area contributed by atoms with Gasteiger partial charge >= 0.3 is 5.97 Å². The zero-order valence-electron chi connectivity index (χ0n) is 12.5. The molecule has 0 amide bonds. The summed E-state index contributed by atoms with van der Waals surface area (Å²) < 4.78 is 13.0. The van der Waals surface area contributed by atoms with Crippen LogP contribution < -0.4 is 4.90 Å². The number of anilines is 1. The summed E-state index contributed by atoms with van der Waals surface area (Å²) in [5.74, 6) is -1.40. The van der Waals surface area contributed by atoms with Gasteiger partial charge in [0.25, 0.3) is 5.72 Å². The van der Waals surface area contributed by atoms with E-state index in [4.69, 9.17) is 11.6 Å². The van der Waals surface area contributed by atoms with Gasteiger partial charge in [-0.1, -0.05) is 23.7 Å². The number of halogens is 2. The second-order valence-electron chi connectivity index (χ2n) is 5.52. The summed E-state index contributed by atoms with van der Waals surface area (Å²) in [4.78, 5) is 17.0. The van der Waals surface area contributed by atoms with Gasteiger partial charge < -0.3 is 15.1 Å². The van der Waals surface area contributed by atoms with Gasteiger partial charge in [0.1, 0.15) is 11.7 Å². The summed E-state index contributed by atoms with van der Waals surface area (Å²) in [6, 6.07) is 12.6. The average molecular weight is 349 g/mol. The molecule has 24 heavy (non-hydrogen) atoms. The molecule has 124 valence electrons. The van der Waals surface area contributed by atoms with Crippen molar-refractivity contribution in [3.8, 4) is 0 Å². The van der Waals surface area contributed by atoms with Crippen LogP contribution in [0.15, 0.2) is 53.5 Å². The second kappa shape index (κ2) is 6.22. The molecule has 0 aromatic heterocycles. The molecule has 0 fully saturated rings. The molecule has 0 saturated carbocycles. The number of benzene rings is 2. The Kier molecular flexibility index (Phi) is 4.26. The highest BCUT2D eigenvalue weighted by atomic mass is 35.5. The Morgan fingerprint density at radius 2 is 1.83 bits per heavy atom. The maximum Gasteiger partial charge on any atom is 0.361 e. The molecule has 1 aliphatic heterocycles. The quantitative estimate of drug-likeness (QED) is 0.891. The summed E-state index contributed by atoms with van der Waals surface area (Å²) in [6.45, 7) is -0.208. The number of hydrogen-bond donors (Lipinski definition) is 2. The molecule has 1 aliphatic rings. The van der Waals surface area contributed by atoms with Crippen LogP contribution >= 0.6 is 11.6 Å². The van der Waals surface area contributed by atoms with Crippen LogP contribution in [-0.2, 0) is 11.2 Å². The highest BCUT2D eigenvalue weighted by Gasteiger charge is 2.44. The van der Waals surface area contributed by atoms with Crippen LogP contribution in [0.5, 0.6) is 0 Å². The van der Waals surface area contributed by atoms with Crippen molar-refractivity contribution in [2.45, 2.75) is 12.1 Å². The van der Waals surface area contributed by atoms with Crippen molar-refractivity contribution in [2.75, 3.05) is 11.4 Å². The zero-order valence-corrected chi connectivity index (χ0v) is 13.2. The van der Waals surface area contributed by atoms with Gasteiger partial charge in [0.2, 0.25) is 0 Å². The minimum absolute atomic E-state index is 0.208. The van der Waals surface area contributed by atoms with E-state index < -0.39 is 11.7 Å². The fourth-order valence-electron chi connectivity index (χ4n) is 2.52. The van der Waals surface area contributed by atoms with E-state index in [2.05, 4.69) is 4.99 Å². The third kappa shape index (κ3) is 3.25. The van der Waals surface area contributed by atoms with E-state index in [1.54, 1.807) is 41.3 Å². The fraction of sp³-hybridized carbons (Fsp3) is 0.176. The average Bonchev–Trinajstić information content (AvgIpc) is 2.89. The molecule has 3 rings (SSSR count). The Morgan fingerprint density at radius 3 is 2.42 bits per heavy atom. The molecular formula is C17H14ClFN2O3. The number of hydrogen-bond acceptors (Lipinski definition) is 4. The first-order valence-electron chi connectivity index (χ1n) is 7.19. The van der Waals surface area contributed by atoms with Crippen LogP contribution in [0, 0.1) is 5.82 Å². The molecule has 1 atom stereocenters. The molecule has 1 heterocycles. The molecule has 0 radical (unpaired) electrons. The number of rotatable bonds is 4. The SMILES string of the molecule is O=C(O)C1(O)CN(c2ccc(Cl)cc2)C(Cc2ccc(F)cc2)=N1. The molecule has 0 bridgehead atoms. The van der Waals surface area contributed by atoms with Gasteiger partial charge in [-0.05, 0) is 42.0 Å². The Hall–Kier alpha value is -2.44. The molecule has 5 nitrogen and oxygen atoms in total. The van der Waals surface area contributed by atoms with Gasteiger partial charge in [0.05, 0.1) is 6.54 Å². The van der Waals surface area contributed by atoms with Crippen molar-refractivity contribution in [1.29, 1.82) is 0 Å². The highest BCUT2D eigenvalue weighted by molar-refractivity contribution is 6.30. The van der Waals surface area contributed by atoms with Crippen LogP contribution in [0.2, 0.25) is 5.02 Å². The van der Waals surface area contributed by atoms with E-state index in [0.29, 0.717) is 16.5 Å². The largest absolute Gasteiger partial charge is 0.478 e. The van der Waals surface area contributed by atoms with Gasteiger partial charge in [-0.2, -0.15) is 0 Å². The maximum atomic E-state index is 13.0. The number of carboxylic acids is 1. The second-order valence-corrected chi connectivity index (χ2v) is 5.95. The van der Waals surface area contributed by atoms with E-state index in [1.165, 1.54) is 12.1 Å². The highest BCUT2D eigenvalue weighted by Crippen LogP contribution is 2.28. The maximum absolute atomic E-state index is 13.0. The molecule has 2 N–H and O–H groups in total. The van der Waals surface area contributed by atoms with Crippen molar-refractivity contribution >= 4 is 29.1 Å². The van der Waals surface area contributed by atoms with Gasteiger partial charge in [-0.25, -0.2) is 14.2 Å². The number of aliphatic imine (C=N–C) groups is 1. The standard InChI is InChI=1S/C17H14ClFN2O3/c18-12-3-7-14(8-4-12)21-10-17(24,16(22)23)20-15(21)9-11-1-5-13(19)6-2-11/h1-8,24H,9-10H2,(H,22,23). The van der Waals surface area contributed by atoms with E-state index >= 15 is 0 Å². The molecule has 2 aromatic rings. The number of aliphatic carboxylic acids is 1. The lowest BCUT2D eigenvalue weighted by Crippen LogP contribution is -2.42. The van der Waals surface area contributed by atoms with Crippen molar-refractivity contribution in [3.05, 3.63) is 64.9 Å². The molecule has 7 heteroatoms. The van der Waals surface area contributed by atoms with Crippen LogP contribution in [0.25, 0.3) is 0 Å². The van der Waals surface area contributed by atoms with E-state index in [9.17, 15) is 19.4 Å². The molecule has 0 spiro atoms. The molecule has 0 saturated heterocycles. The first-order chi connectivity index (χ1) is 11.4. The summed E-state index contributed by atoms with van der Waals surface area (Å²) in [5, 5.41) is 20.0. The summed E-state index contributed by atoms with van der Waals surface area (Å²) in [7, 11) is 0. The summed E-state index contributed by atoms with van der Waals surface area (Å²) >= 11 is 5.88. The van der Waals surface area contributed by atoms with Crippen molar-refractivity contribution in [3.63, 3.8) is 0 Å². The normalized spacial score (nSPS) is 20.1. The van der Waals surface area contributed by atoms with Crippen LogP contribution in [0.3, 0.4) is 0 Å². The minimum atomic E-state index is -2.21. The first-order valence-corrected chi connectivity index (χ1v) is 7.57. The molecular weight excluding hydrogens is 335 g/mol. The number of aliphatic hydroxyl groups is 1. The predicted octanol–water partition coefficient (Wildman–Crippen LogP) is 2.71. The Morgan fingerprint density at radius 1 is 1.21 bits per heavy atom. The molecule has 1 unspecified atom stereocenters. The van der Waals surface area contributed by atoms with Crippen LogP contribution in [0.4, 0.5) is 10.1 Å². The minimum Gasteiger partial charge on any atom is -0.478 e. The summed E-state index contributed by atoms with van der Waals surface area (Å²) in [6.07, 6.45) is 0.262. The monoisotopic (exact) mass is 348 g/mol. The molecule has 2 aromatic carbocycles. The van der Waals surface area contributed by atoms with Crippen LogP contribution in [0.1, 0.15) is 5.56 Å². The van der Waals surface area contributed by atoms with Gasteiger partial charge in [-0.3, -0.25) is 0 Å². The van der Waals surface area contributed by atoms with E-state index in [1.807, 2.05) is 0 Å². The van der Waals surface area contributed by atoms with Crippen LogP contribution in [-0.4, -0.2) is 34.3 Å². The number of carboxylic acid groups (broad SMARTS) is 1. The Balaban J connectivity index is 1.94. The van der Waals surface area contributed by atoms with Gasteiger partial charge in [-0.15, -0.1) is 0 Å². The van der Waals surface area contributed by atoms with Crippen molar-refractivity contribution in [1.82, 2.24) is 0 Å². The number of carbonyl (C=O) groups is 1. The third-order valence-corrected chi connectivity index (χ3v) is 4.01. The van der Waals surface area contributed by atoms with E-state index in [0.717, 1.165) is 5.56 Å². The number of nitrogens with zero attached hydrogens (tertiary/aromatic N) is 2. The van der Waals surface area contributed by atoms with Gasteiger partial charge in [0, 0.05) is 17.1 Å². The topological polar surface area (TPSA) is 73.1 Å². The third-order valence-electron chi connectivity index (χ3n) is 3.76. The lowest BCUT2D eigenvalue weighted by atomic mass is 10.1. The van der Waals surface area contributed by atoms with Gasteiger partial charge in [0.15, 0.2) is 0 Å². The van der Waals surface area contributed by atoms with Crippen molar-refractivity contribution < 1.29 is 19.4 Å². The number of amidine groups is 1. The van der Waals surface area contributed by atoms with E-state index in [-0.39, 0.29) is 18.8 Å². The fourth-order valence-corrected chi connectivity index (χ4v) is 2.64. The Labute approximate surface area is 142 Å². The van der Waals surface area contributed by atoms with Crippen molar-refractivity contribution in [2.24, 2.45) is 4.99 Å². The lowest BCUT2D eigenvalue weighted by molar-refractivity contribution is -0.155. The molecule has 0 aliphatic carbocycles. The first kappa shape index (κ1) is 16.4. The Bertz CT molecular complexity index is 792. The summed E-state index contributed by atoms with van der Waals surface area (Å²) in [5.41, 5.74) is -0.796. The lowest BCUT2D eigenvalue weighted by Gasteiger charge is -2.22.